The SMILES string of the molecule is N#CCC(=O)NCc1ccco1. The molecule has 0 aliphatic carbocycles. The first-order valence-corrected chi connectivity index (χ1v) is 3.49. The maximum absolute atomic E-state index is 10.8. The Hall–Kier alpha value is -1.76. The fourth-order valence-electron chi connectivity index (χ4n) is 0.733. The van der Waals surface area contributed by atoms with Crippen LogP contribution in [0.1, 0.15) is 12.2 Å². The quantitative estimate of drug-likeness (QED) is 0.718. The van der Waals surface area contributed by atoms with Gasteiger partial charge in [0.15, 0.2) is 0 Å². The van der Waals surface area contributed by atoms with Gasteiger partial charge in [-0.1, -0.05) is 0 Å². The monoisotopic (exact) mass is 164 g/mol. The van der Waals surface area contributed by atoms with Crippen molar-refractivity contribution in [3.8, 4) is 6.07 Å². The van der Waals surface area contributed by atoms with Crippen LogP contribution < -0.4 is 5.32 Å². The van der Waals surface area contributed by atoms with E-state index >= 15 is 0 Å². The van der Waals surface area contributed by atoms with Gasteiger partial charge in [0, 0.05) is 0 Å². The maximum atomic E-state index is 10.8. The highest BCUT2D eigenvalue weighted by Gasteiger charge is 2.00. The third-order valence-corrected chi connectivity index (χ3v) is 1.28. The van der Waals surface area contributed by atoms with Crippen LogP contribution in [0.15, 0.2) is 22.8 Å². The molecular weight excluding hydrogens is 156 g/mol. The zero-order valence-corrected chi connectivity index (χ0v) is 6.41. The molecule has 1 aromatic heterocycles. The minimum absolute atomic E-state index is 0.110. The van der Waals surface area contributed by atoms with Crippen LogP contribution in [0.2, 0.25) is 0 Å². The van der Waals surface area contributed by atoms with Crippen molar-refractivity contribution < 1.29 is 9.21 Å². The summed E-state index contributed by atoms with van der Waals surface area (Å²) in [6, 6.07) is 5.25. The molecule has 0 bridgehead atoms. The van der Waals surface area contributed by atoms with Crippen molar-refractivity contribution in [2.75, 3.05) is 0 Å². The number of nitriles is 1. The van der Waals surface area contributed by atoms with Gasteiger partial charge in [-0.25, -0.2) is 0 Å². The Kier molecular flexibility index (Phi) is 2.91. The third kappa shape index (κ3) is 2.46. The maximum Gasteiger partial charge on any atom is 0.234 e. The van der Waals surface area contributed by atoms with Crippen LogP contribution in [0.3, 0.4) is 0 Å². The van der Waals surface area contributed by atoms with Crippen molar-refractivity contribution in [3.05, 3.63) is 24.2 Å². The molecule has 0 aliphatic heterocycles. The number of rotatable bonds is 3. The van der Waals surface area contributed by atoms with Crippen LogP contribution in [0.25, 0.3) is 0 Å². The van der Waals surface area contributed by atoms with Crippen molar-refractivity contribution in [3.63, 3.8) is 0 Å². The van der Waals surface area contributed by atoms with Gasteiger partial charge in [0.25, 0.3) is 0 Å². The van der Waals surface area contributed by atoms with E-state index in [1.54, 1.807) is 18.2 Å². The number of furan rings is 1. The fourth-order valence-corrected chi connectivity index (χ4v) is 0.733. The van der Waals surface area contributed by atoms with E-state index in [9.17, 15) is 4.79 Å². The topological polar surface area (TPSA) is 66.0 Å². The lowest BCUT2D eigenvalue weighted by molar-refractivity contribution is -0.120. The summed E-state index contributed by atoms with van der Waals surface area (Å²) in [6.45, 7) is 0.341. The van der Waals surface area contributed by atoms with Gasteiger partial charge in [-0.05, 0) is 12.1 Å². The first-order valence-electron chi connectivity index (χ1n) is 3.49. The molecule has 0 saturated heterocycles. The Morgan fingerprint density at radius 2 is 2.58 bits per heavy atom. The highest BCUT2D eigenvalue weighted by atomic mass is 16.3. The summed E-state index contributed by atoms with van der Waals surface area (Å²) in [5.74, 6) is 0.398. The van der Waals surface area contributed by atoms with Crippen LogP contribution >= 0.6 is 0 Å². The number of hydrogen-bond acceptors (Lipinski definition) is 3. The largest absolute Gasteiger partial charge is 0.467 e. The summed E-state index contributed by atoms with van der Waals surface area (Å²) < 4.78 is 4.96. The predicted octanol–water partition coefficient (Wildman–Crippen LogP) is 0.809. The van der Waals surface area contributed by atoms with Crippen LogP contribution in [-0.4, -0.2) is 5.91 Å². The number of carbonyl (C=O) groups is 1. The van der Waals surface area contributed by atoms with E-state index in [1.807, 2.05) is 0 Å². The molecule has 62 valence electrons. The van der Waals surface area contributed by atoms with E-state index in [2.05, 4.69) is 5.32 Å². The second kappa shape index (κ2) is 4.19. The highest BCUT2D eigenvalue weighted by Crippen LogP contribution is 1.98. The van der Waals surface area contributed by atoms with E-state index in [0.717, 1.165) is 0 Å². The first-order chi connectivity index (χ1) is 5.83. The van der Waals surface area contributed by atoms with Gasteiger partial charge in [0.05, 0.1) is 18.9 Å². The first kappa shape index (κ1) is 8.34. The third-order valence-electron chi connectivity index (χ3n) is 1.28. The van der Waals surface area contributed by atoms with Gasteiger partial charge < -0.3 is 9.73 Å². The Bertz CT molecular complexity index is 285. The smallest absolute Gasteiger partial charge is 0.234 e. The lowest BCUT2D eigenvalue weighted by Gasteiger charge is -1.97. The summed E-state index contributed by atoms with van der Waals surface area (Å²) in [5, 5.41) is 10.7. The number of carbonyl (C=O) groups excluding carboxylic acids is 1. The summed E-state index contributed by atoms with van der Waals surface area (Å²) in [4.78, 5) is 10.8. The molecular formula is C8H8N2O2. The van der Waals surface area contributed by atoms with Crippen molar-refractivity contribution in [1.29, 1.82) is 5.26 Å². The minimum atomic E-state index is -0.283. The van der Waals surface area contributed by atoms with E-state index in [1.165, 1.54) is 6.26 Å². The average molecular weight is 164 g/mol. The molecule has 0 aliphatic rings. The zero-order chi connectivity index (χ0) is 8.81. The molecule has 0 spiro atoms. The minimum Gasteiger partial charge on any atom is -0.467 e. The lowest BCUT2D eigenvalue weighted by atomic mass is 10.4. The summed E-state index contributed by atoms with van der Waals surface area (Å²) >= 11 is 0. The molecule has 4 heteroatoms. The molecule has 1 aromatic rings. The molecule has 0 aromatic carbocycles. The number of nitrogens with zero attached hydrogens (tertiary/aromatic N) is 1. The van der Waals surface area contributed by atoms with Gasteiger partial charge in [0.1, 0.15) is 12.2 Å². The summed E-state index contributed by atoms with van der Waals surface area (Å²) in [5.41, 5.74) is 0. The number of nitrogens with one attached hydrogen (secondary N) is 1. The number of hydrogen-bond donors (Lipinski definition) is 1. The molecule has 4 nitrogen and oxygen atoms in total. The second-order valence-corrected chi connectivity index (χ2v) is 2.19. The second-order valence-electron chi connectivity index (χ2n) is 2.19. The van der Waals surface area contributed by atoms with Gasteiger partial charge in [-0.3, -0.25) is 4.79 Å². The molecule has 1 amide bonds. The molecule has 0 saturated carbocycles. The van der Waals surface area contributed by atoms with Crippen LogP contribution in [0.5, 0.6) is 0 Å². The Morgan fingerprint density at radius 3 is 3.17 bits per heavy atom. The average Bonchev–Trinajstić information content (AvgIpc) is 2.53. The van der Waals surface area contributed by atoms with Crippen LogP contribution in [0, 0.1) is 11.3 Å². The van der Waals surface area contributed by atoms with E-state index < -0.39 is 0 Å². The van der Waals surface area contributed by atoms with E-state index in [-0.39, 0.29) is 12.3 Å². The molecule has 0 radical (unpaired) electrons. The van der Waals surface area contributed by atoms with Gasteiger partial charge in [-0.2, -0.15) is 5.26 Å². The normalized spacial score (nSPS) is 8.92. The van der Waals surface area contributed by atoms with E-state index in [4.69, 9.17) is 9.68 Å². The predicted molar refractivity (Wildman–Crippen MR) is 40.8 cm³/mol. The standard InChI is InChI=1S/C8H8N2O2/c9-4-3-8(11)10-6-7-2-1-5-12-7/h1-2,5H,3,6H2,(H,10,11). The van der Waals surface area contributed by atoms with Gasteiger partial charge in [0.2, 0.25) is 5.91 Å². The highest BCUT2D eigenvalue weighted by molar-refractivity contribution is 5.77. The zero-order valence-electron chi connectivity index (χ0n) is 6.41. The van der Waals surface area contributed by atoms with Crippen molar-refractivity contribution >= 4 is 5.91 Å². The molecule has 1 N–H and O–H groups in total. The Balaban J connectivity index is 2.28. The number of amides is 1. The molecule has 1 rings (SSSR count). The van der Waals surface area contributed by atoms with Crippen molar-refractivity contribution in [1.82, 2.24) is 5.32 Å². The van der Waals surface area contributed by atoms with Gasteiger partial charge >= 0.3 is 0 Å². The Morgan fingerprint density at radius 1 is 1.75 bits per heavy atom. The lowest BCUT2D eigenvalue weighted by Crippen LogP contribution is -2.21. The molecule has 0 atom stereocenters. The van der Waals surface area contributed by atoms with Crippen molar-refractivity contribution in [2.24, 2.45) is 0 Å². The van der Waals surface area contributed by atoms with Crippen LogP contribution in [0.4, 0.5) is 0 Å². The van der Waals surface area contributed by atoms with Gasteiger partial charge in [-0.15, -0.1) is 0 Å². The summed E-state index contributed by atoms with van der Waals surface area (Å²) in [6.07, 6.45) is 1.42. The summed E-state index contributed by atoms with van der Waals surface area (Å²) in [7, 11) is 0. The molecule has 0 fully saturated rings. The van der Waals surface area contributed by atoms with Crippen molar-refractivity contribution in [2.45, 2.75) is 13.0 Å². The molecule has 12 heavy (non-hydrogen) atoms. The fraction of sp³-hybridized carbons (Fsp3) is 0.250. The van der Waals surface area contributed by atoms with E-state index in [0.29, 0.717) is 12.3 Å². The molecule has 0 unspecified atom stereocenters. The van der Waals surface area contributed by atoms with Crippen LogP contribution in [-0.2, 0) is 11.3 Å². The molecule has 1 heterocycles. The Labute approximate surface area is 69.8 Å².